The minimum atomic E-state index is -4.67. The number of phenolic OH excluding ortho intramolecular Hbond substituents is 1. The molecule has 39 heavy (non-hydrogen) atoms. The number of rotatable bonds is 11. The van der Waals surface area contributed by atoms with Crippen LogP contribution in [0.15, 0.2) is 76.5 Å². The zero-order chi connectivity index (χ0) is 29.2. The number of aromatic hydroxyl groups is 1. The van der Waals surface area contributed by atoms with Crippen molar-refractivity contribution < 1.29 is 35.6 Å². The monoisotopic (exact) mass is 636 g/mol. The van der Waals surface area contributed by atoms with Crippen LogP contribution in [0.4, 0.5) is 11.4 Å². The molecule has 3 aromatic rings. The SMILES string of the molecule is CC(C)OP(=O)(OC(C)C)N(c1ccc(O)c(NS(=O)(=O)c2ccc(Cl)cc2)c1)S(=O)(=O)c1ccc(Cl)cc1. The lowest BCUT2D eigenvalue weighted by Crippen LogP contribution is -2.32. The van der Waals surface area contributed by atoms with Gasteiger partial charge in [0, 0.05) is 10.0 Å². The predicted octanol–water partition coefficient (Wildman–Crippen LogP) is 6.65. The third-order valence-electron chi connectivity index (χ3n) is 4.82. The van der Waals surface area contributed by atoms with Crippen LogP contribution in [0.5, 0.6) is 5.75 Å². The van der Waals surface area contributed by atoms with E-state index in [9.17, 15) is 26.5 Å². The van der Waals surface area contributed by atoms with E-state index in [0.29, 0.717) is 9.10 Å². The largest absolute Gasteiger partial charge is 0.506 e. The number of anilines is 2. The number of benzene rings is 3. The molecule has 0 aromatic heterocycles. The Kier molecular flexibility index (Phi) is 9.65. The third-order valence-corrected chi connectivity index (χ3v) is 11.5. The molecule has 0 fully saturated rings. The average Bonchev–Trinajstić information content (AvgIpc) is 2.80. The molecule has 3 aromatic carbocycles. The fourth-order valence-corrected chi connectivity index (χ4v) is 8.95. The van der Waals surface area contributed by atoms with Gasteiger partial charge in [-0.25, -0.2) is 21.4 Å². The summed E-state index contributed by atoms with van der Waals surface area (Å²) in [6, 6.07) is 13.6. The van der Waals surface area contributed by atoms with Crippen molar-refractivity contribution in [3.8, 4) is 5.75 Å². The van der Waals surface area contributed by atoms with Crippen molar-refractivity contribution in [1.29, 1.82) is 0 Å². The summed E-state index contributed by atoms with van der Waals surface area (Å²) in [5.41, 5.74) is -0.694. The van der Waals surface area contributed by atoms with Crippen molar-refractivity contribution in [2.45, 2.75) is 49.7 Å². The summed E-state index contributed by atoms with van der Waals surface area (Å²) in [6.45, 7) is 6.19. The van der Waals surface area contributed by atoms with Gasteiger partial charge < -0.3 is 5.11 Å². The van der Waals surface area contributed by atoms with E-state index in [0.717, 1.165) is 18.2 Å². The molecule has 0 heterocycles. The average molecular weight is 638 g/mol. The van der Waals surface area contributed by atoms with Gasteiger partial charge in [-0.1, -0.05) is 23.2 Å². The summed E-state index contributed by atoms with van der Waals surface area (Å²) >= 11 is 11.8. The Morgan fingerprint density at radius 2 is 1.26 bits per heavy atom. The normalized spacial score (nSPS) is 12.6. The van der Waals surface area contributed by atoms with Crippen LogP contribution >= 0.6 is 30.9 Å². The van der Waals surface area contributed by atoms with Gasteiger partial charge in [0.1, 0.15) is 5.75 Å². The second-order valence-electron chi connectivity index (χ2n) is 8.74. The molecule has 0 saturated heterocycles. The number of halogens is 2. The van der Waals surface area contributed by atoms with Crippen molar-refractivity contribution in [1.82, 2.24) is 0 Å². The molecular formula is C24H27Cl2N2O8PS2. The number of hydrogen-bond donors (Lipinski definition) is 2. The maximum Gasteiger partial charge on any atom is 0.449 e. The van der Waals surface area contributed by atoms with Gasteiger partial charge in [-0.15, -0.1) is 0 Å². The van der Waals surface area contributed by atoms with E-state index in [1.165, 1.54) is 48.5 Å². The molecule has 2 N–H and O–H groups in total. The lowest BCUT2D eigenvalue weighted by atomic mass is 10.3. The highest BCUT2D eigenvalue weighted by Gasteiger charge is 2.45. The fraction of sp³-hybridized carbons (Fsp3) is 0.250. The van der Waals surface area contributed by atoms with Gasteiger partial charge in [-0.05, 0) is 94.4 Å². The minimum absolute atomic E-state index is 0.167. The van der Waals surface area contributed by atoms with Crippen molar-refractivity contribution in [3.63, 3.8) is 0 Å². The van der Waals surface area contributed by atoms with Gasteiger partial charge in [0.15, 0.2) is 0 Å². The van der Waals surface area contributed by atoms with Crippen LogP contribution in [0.25, 0.3) is 0 Å². The summed E-state index contributed by atoms with van der Waals surface area (Å²) < 4.78 is 81.9. The van der Waals surface area contributed by atoms with E-state index in [-0.39, 0.29) is 26.2 Å². The summed E-state index contributed by atoms with van der Waals surface area (Å²) in [5.74, 6) is -0.524. The summed E-state index contributed by atoms with van der Waals surface area (Å²) in [7, 11) is -13.6. The van der Waals surface area contributed by atoms with Gasteiger partial charge in [-0.2, -0.15) is 4.08 Å². The third kappa shape index (κ3) is 7.46. The first-order valence-electron chi connectivity index (χ1n) is 11.4. The molecular weight excluding hydrogens is 610 g/mol. The summed E-state index contributed by atoms with van der Waals surface area (Å²) in [4.78, 5) is -0.456. The molecule has 0 bridgehead atoms. The van der Waals surface area contributed by atoms with Crippen molar-refractivity contribution in [2.75, 3.05) is 8.80 Å². The zero-order valence-corrected chi connectivity index (χ0v) is 25.3. The molecule has 0 radical (unpaired) electrons. The van der Waals surface area contributed by atoms with Crippen molar-refractivity contribution in [2.24, 2.45) is 0 Å². The number of hydrogen-bond acceptors (Lipinski definition) is 8. The van der Waals surface area contributed by atoms with Crippen molar-refractivity contribution in [3.05, 3.63) is 76.8 Å². The lowest BCUT2D eigenvalue weighted by molar-refractivity contribution is 0.143. The Bertz CT molecular complexity index is 1570. The first-order valence-corrected chi connectivity index (χ1v) is 16.6. The van der Waals surface area contributed by atoms with Crippen LogP contribution in [-0.2, 0) is 33.7 Å². The topological polar surface area (TPSA) is 139 Å². The van der Waals surface area contributed by atoms with Gasteiger partial charge in [0.05, 0.1) is 33.4 Å². The van der Waals surface area contributed by atoms with Gasteiger partial charge >= 0.3 is 7.75 Å². The molecule has 10 nitrogen and oxygen atoms in total. The van der Waals surface area contributed by atoms with Crippen LogP contribution in [0.2, 0.25) is 10.0 Å². The fourth-order valence-electron chi connectivity index (χ4n) is 3.30. The molecule has 0 atom stereocenters. The van der Waals surface area contributed by atoms with E-state index >= 15 is 0 Å². The minimum Gasteiger partial charge on any atom is -0.506 e. The second-order valence-corrected chi connectivity index (χ2v) is 15.1. The molecule has 0 saturated carbocycles. The van der Waals surface area contributed by atoms with Gasteiger partial charge in [0.2, 0.25) is 0 Å². The van der Waals surface area contributed by atoms with E-state index in [4.69, 9.17) is 32.2 Å². The van der Waals surface area contributed by atoms with Gasteiger partial charge in [0.25, 0.3) is 20.0 Å². The highest BCUT2D eigenvalue weighted by Crippen LogP contribution is 2.59. The molecule has 212 valence electrons. The standard InChI is InChI=1S/C24H27Cl2N2O8PS2/c1-16(2)35-37(30,36-17(3)4)28(39(33,34)22-12-7-19(26)8-13-22)20-9-14-24(29)23(15-20)27-38(31,32)21-10-5-18(25)6-11-21/h5-17,27,29H,1-4H3. The Hall–Kier alpha value is -2.31. The maximum atomic E-state index is 14.2. The summed E-state index contributed by atoms with van der Waals surface area (Å²) in [5, 5.41) is 11.0. The first kappa shape index (κ1) is 31.2. The van der Waals surface area contributed by atoms with Crippen molar-refractivity contribution >= 4 is 62.4 Å². The van der Waals surface area contributed by atoms with Crippen LogP contribution in [0, 0.1) is 0 Å². The Morgan fingerprint density at radius 1 is 0.795 bits per heavy atom. The molecule has 0 aliphatic heterocycles. The highest BCUT2D eigenvalue weighted by molar-refractivity contribution is 7.99. The van der Waals surface area contributed by atoms with Crippen LogP contribution in [0.3, 0.4) is 0 Å². The first-order chi connectivity index (χ1) is 18.0. The lowest BCUT2D eigenvalue weighted by Gasteiger charge is -2.33. The molecule has 0 aliphatic carbocycles. The zero-order valence-electron chi connectivity index (χ0n) is 21.3. The Labute approximate surface area is 238 Å². The van der Waals surface area contributed by atoms with Crippen LogP contribution in [0.1, 0.15) is 27.7 Å². The molecule has 3 rings (SSSR count). The van der Waals surface area contributed by atoms with E-state index in [1.54, 1.807) is 27.7 Å². The number of nitrogens with zero attached hydrogens (tertiary/aromatic N) is 1. The number of phenols is 1. The molecule has 0 aliphatic rings. The van der Waals surface area contributed by atoms with E-state index in [1.807, 2.05) is 0 Å². The quantitative estimate of drug-likeness (QED) is 0.176. The molecule has 0 spiro atoms. The maximum absolute atomic E-state index is 14.2. The van der Waals surface area contributed by atoms with Crippen LogP contribution in [-0.4, -0.2) is 34.2 Å². The molecule has 0 unspecified atom stereocenters. The smallest absolute Gasteiger partial charge is 0.449 e. The summed E-state index contributed by atoms with van der Waals surface area (Å²) in [6.07, 6.45) is -1.48. The van der Waals surface area contributed by atoms with Crippen LogP contribution < -0.4 is 8.80 Å². The van der Waals surface area contributed by atoms with Gasteiger partial charge in [-0.3, -0.25) is 13.8 Å². The highest BCUT2D eigenvalue weighted by atomic mass is 35.5. The second kappa shape index (κ2) is 12.1. The predicted molar refractivity (Wildman–Crippen MR) is 152 cm³/mol. The Morgan fingerprint density at radius 3 is 1.72 bits per heavy atom. The number of nitrogens with one attached hydrogen (secondary N) is 1. The molecule has 0 amide bonds. The molecule has 15 heteroatoms. The van der Waals surface area contributed by atoms with E-state index < -0.39 is 45.8 Å². The van der Waals surface area contributed by atoms with E-state index in [2.05, 4.69) is 4.72 Å². The number of sulfonamides is 2. The Balaban J connectivity index is 2.22.